The molecule has 0 saturated heterocycles. The van der Waals surface area contributed by atoms with Crippen molar-refractivity contribution in [3.8, 4) is 11.5 Å². The third kappa shape index (κ3) is 4.59. The molecule has 0 saturated carbocycles. The molecule has 1 aliphatic rings. The number of nitrogens with one attached hydrogen (secondary N) is 1. The molecule has 4 aromatic rings. The van der Waals surface area contributed by atoms with Gasteiger partial charge in [-0.2, -0.15) is 0 Å². The number of hydrogen-bond acceptors (Lipinski definition) is 4. The average Bonchev–Trinajstić information content (AvgIpc) is 3.22. The quantitative estimate of drug-likeness (QED) is 0.314. The normalized spacial score (nSPS) is 16.1. The summed E-state index contributed by atoms with van der Waals surface area (Å²) in [5.41, 5.74) is 4.03. The molecule has 35 heavy (non-hydrogen) atoms. The minimum absolute atomic E-state index is 0.366. The topological polar surface area (TPSA) is 74.8 Å². The number of halogens is 1. The van der Waals surface area contributed by atoms with E-state index in [0.717, 1.165) is 38.4 Å². The van der Waals surface area contributed by atoms with Gasteiger partial charge < -0.3 is 19.0 Å². The minimum atomic E-state index is -1.86. The Balaban J connectivity index is 1.58. The summed E-state index contributed by atoms with van der Waals surface area (Å²) < 4.78 is 21.7. The summed E-state index contributed by atoms with van der Waals surface area (Å²) in [7, 11) is -0.227. The third-order valence-corrected chi connectivity index (χ3v) is 8.02. The number of rotatable bonds is 4. The van der Waals surface area contributed by atoms with Crippen LogP contribution in [0.2, 0.25) is 5.02 Å². The highest BCUT2D eigenvalue weighted by atomic mass is 35.5. The summed E-state index contributed by atoms with van der Waals surface area (Å²) in [6.07, 6.45) is 3.96. The third-order valence-electron chi connectivity index (χ3n) is 6.36. The number of methoxy groups -OCH3 is 1. The lowest BCUT2D eigenvalue weighted by molar-refractivity contribution is 0.135. The van der Waals surface area contributed by atoms with Gasteiger partial charge in [-0.1, -0.05) is 23.7 Å². The first-order valence-electron chi connectivity index (χ1n) is 11.2. The first-order chi connectivity index (χ1) is 16.7. The number of carbonyl (C=O) groups excluding carboxylic acids is 1. The van der Waals surface area contributed by atoms with E-state index in [1.807, 2.05) is 48.9 Å². The summed E-state index contributed by atoms with van der Waals surface area (Å²) in [6, 6.07) is 20.2. The van der Waals surface area contributed by atoms with Gasteiger partial charge in [-0.05, 0) is 84.7 Å². The van der Waals surface area contributed by atoms with E-state index in [9.17, 15) is 9.35 Å². The van der Waals surface area contributed by atoms with Gasteiger partial charge in [0.25, 0.3) is 0 Å². The molecule has 6 nitrogen and oxygen atoms in total. The van der Waals surface area contributed by atoms with E-state index in [1.165, 1.54) is 0 Å². The summed E-state index contributed by atoms with van der Waals surface area (Å²) in [6.45, 7) is 0.489. The Hall–Kier alpha value is -3.13. The van der Waals surface area contributed by atoms with Crippen LogP contribution in [0.15, 0.2) is 71.6 Å². The summed E-state index contributed by atoms with van der Waals surface area (Å²) in [5, 5.41) is 1.66. The van der Waals surface area contributed by atoms with Gasteiger partial charge in [0.1, 0.15) is 17.5 Å². The number of carbonyl (C=O) groups is 1. The molecule has 1 aromatic heterocycles. The van der Waals surface area contributed by atoms with Crippen LogP contribution in [0.25, 0.3) is 10.9 Å². The number of hydrogen-bond donors (Lipinski definition) is 2. The molecule has 0 aliphatic carbocycles. The number of ether oxygens (including phenoxy) is 2. The van der Waals surface area contributed by atoms with Crippen molar-refractivity contribution in [3.63, 3.8) is 0 Å². The van der Waals surface area contributed by atoms with Crippen LogP contribution in [0.4, 0.5) is 4.79 Å². The number of aromatic nitrogens is 1. The number of fused-ring (bicyclic) bond motifs is 3. The summed E-state index contributed by atoms with van der Waals surface area (Å²) >= 11 is 5.98. The van der Waals surface area contributed by atoms with Crippen molar-refractivity contribution in [2.75, 3.05) is 26.2 Å². The lowest BCUT2D eigenvalue weighted by atomic mass is 9.92. The van der Waals surface area contributed by atoms with Crippen LogP contribution in [-0.4, -0.2) is 46.7 Å². The Bertz CT molecular complexity index is 1380. The van der Waals surface area contributed by atoms with E-state index in [4.69, 9.17) is 21.1 Å². The van der Waals surface area contributed by atoms with Gasteiger partial charge in [-0.25, -0.2) is 4.79 Å². The molecule has 3 aromatic carbocycles. The molecule has 182 valence electrons. The zero-order valence-electron chi connectivity index (χ0n) is 19.7. The lowest BCUT2D eigenvalue weighted by Crippen LogP contribution is -2.42. The standard InChI is InChI=1S/C27H27ClN2O4S/c1-33-19-8-4-17(5-9-19)26-25-22(23-16-21(35(2,3)32)12-13-24(23)29-25)14-15-30(26)27(31)34-20-10-6-18(28)7-11-20/h4-13,16,26,29,32H,14-15H2,1-3H3. The van der Waals surface area contributed by atoms with E-state index in [-0.39, 0.29) is 6.04 Å². The molecule has 2 heterocycles. The van der Waals surface area contributed by atoms with Crippen molar-refractivity contribution in [2.45, 2.75) is 17.4 Å². The van der Waals surface area contributed by atoms with Crippen LogP contribution >= 0.6 is 21.9 Å². The molecule has 2 N–H and O–H groups in total. The van der Waals surface area contributed by atoms with Gasteiger partial charge in [0, 0.05) is 33.1 Å². The highest BCUT2D eigenvalue weighted by Crippen LogP contribution is 2.47. The van der Waals surface area contributed by atoms with Crippen molar-refractivity contribution in [1.29, 1.82) is 0 Å². The predicted molar refractivity (Wildman–Crippen MR) is 141 cm³/mol. The fraction of sp³-hybridized carbons (Fsp3) is 0.222. The molecular weight excluding hydrogens is 484 g/mol. The molecule has 0 bridgehead atoms. The average molecular weight is 511 g/mol. The van der Waals surface area contributed by atoms with Crippen LogP contribution < -0.4 is 9.47 Å². The molecule has 0 fully saturated rings. The van der Waals surface area contributed by atoms with Crippen molar-refractivity contribution in [1.82, 2.24) is 9.88 Å². The maximum Gasteiger partial charge on any atom is 0.416 e. The summed E-state index contributed by atoms with van der Waals surface area (Å²) in [4.78, 5) is 19.6. The van der Waals surface area contributed by atoms with Crippen LogP contribution in [0.3, 0.4) is 0 Å². The van der Waals surface area contributed by atoms with Crippen LogP contribution in [0, 0.1) is 0 Å². The number of amides is 1. The maximum absolute atomic E-state index is 13.4. The van der Waals surface area contributed by atoms with Crippen molar-refractivity contribution >= 4 is 38.9 Å². The summed E-state index contributed by atoms with van der Waals surface area (Å²) in [5.74, 6) is 1.18. The molecular formula is C27H27ClN2O4S. The molecule has 0 spiro atoms. The van der Waals surface area contributed by atoms with Crippen LogP contribution in [0.5, 0.6) is 11.5 Å². The zero-order chi connectivity index (χ0) is 24.7. The number of H-pyrrole nitrogens is 1. The Morgan fingerprint density at radius 1 is 1.06 bits per heavy atom. The van der Waals surface area contributed by atoms with Gasteiger partial charge in [0.15, 0.2) is 0 Å². The maximum atomic E-state index is 13.4. The van der Waals surface area contributed by atoms with E-state index in [2.05, 4.69) is 11.1 Å². The largest absolute Gasteiger partial charge is 0.497 e. The van der Waals surface area contributed by atoms with Gasteiger partial charge in [0.05, 0.1) is 7.11 Å². The van der Waals surface area contributed by atoms with E-state index < -0.39 is 16.4 Å². The molecule has 1 atom stereocenters. The van der Waals surface area contributed by atoms with Gasteiger partial charge in [0.2, 0.25) is 0 Å². The highest BCUT2D eigenvalue weighted by molar-refractivity contribution is 8.28. The van der Waals surface area contributed by atoms with Crippen molar-refractivity contribution < 1.29 is 18.8 Å². The molecule has 1 aliphatic heterocycles. The van der Waals surface area contributed by atoms with Gasteiger partial charge in [-0.3, -0.25) is 4.90 Å². The van der Waals surface area contributed by atoms with Crippen LogP contribution in [0.1, 0.15) is 22.9 Å². The Morgan fingerprint density at radius 3 is 2.40 bits per heavy atom. The fourth-order valence-electron chi connectivity index (χ4n) is 4.57. The van der Waals surface area contributed by atoms with E-state index >= 15 is 0 Å². The molecule has 0 radical (unpaired) electrons. The predicted octanol–water partition coefficient (Wildman–Crippen LogP) is 6.87. The molecule has 1 amide bonds. The van der Waals surface area contributed by atoms with Gasteiger partial charge in [-0.15, -0.1) is 10.3 Å². The molecule has 1 unspecified atom stereocenters. The SMILES string of the molecule is COc1ccc(C2c3[nH]c4ccc(S(C)(C)O)cc4c3CCN2C(=O)Oc2ccc(Cl)cc2)cc1. The van der Waals surface area contributed by atoms with Crippen molar-refractivity contribution in [3.05, 3.63) is 88.6 Å². The first kappa shape index (κ1) is 23.6. The monoisotopic (exact) mass is 510 g/mol. The molecule has 5 rings (SSSR count). The van der Waals surface area contributed by atoms with Crippen LogP contribution in [-0.2, 0) is 6.42 Å². The minimum Gasteiger partial charge on any atom is -0.497 e. The Kier molecular flexibility index (Phi) is 6.17. The number of benzene rings is 3. The second-order valence-corrected chi connectivity index (χ2v) is 12.4. The first-order valence-corrected chi connectivity index (χ1v) is 14.0. The van der Waals surface area contributed by atoms with E-state index in [1.54, 1.807) is 36.3 Å². The van der Waals surface area contributed by atoms with Gasteiger partial charge >= 0.3 is 6.09 Å². The number of aromatic amines is 1. The van der Waals surface area contributed by atoms with E-state index in [0.29, 0.717) is 23.7 Å². The smallest absolute Gasteiger partial charge is 0.416 e. The Morgan fingerprint density at radius 2 is 1.74 bits per heavy atom. The highest BCUT2D eigenvalue weighted by Gasteiger charge is 2.36. The molecule has 8 heteroatoms. The van der Waals surface area contributed by atoms with Crippen molar-refractivity contribution in [2.24, 2.45) is 0 Å². The Labute approximate surface area is 210 Å². The fourth-order valence-corrected chi connectivity index (χ4v) is 5.50. The number of nitrogens with zero attached hydrogens (tertiary/aromatic N) is 1. The lowest BCUT2D eigenvalue weighted by Gasteiger charge is -2.35. The zero-order valence-corrected chi connectivity index (χ0v) is 21.3. The second kappa shape index (κ2) is 9.15. The second-order valence-electron chi connectivity index (χ2n) is 8.94.